The first-order valence-electron chi connectivity index (χ1n) is 13.3. The van der Waals surface area contributed by atoms with Crippen molar-refractivity contribution < 1.29 is 14.4 Å². The Morgan fingerprint density at radius 1 is 1.09 bits per heavy atom. The molecule has 4 nitrogen and oxygen atoms in total. The summed E-state index contributed by atoms with van der Waals surface area (Å²) in [5, 5.41) is 3.97. The van der Waals surface area contributed by atoms with Gasteiger partial charge >= 0.3 is 0 Å². The number of rotatable bonds is 6. The van der Waals surface area contributed by atoms with Gasteiger partial charge in [0.05, 0.1) is 0 Å². The van der Waals surface area contributed by atoms with E-state index in [1.165, 1.54) is 6.42 Å². The number of carbonyl (C=O) groups excluding carboxylic acids is 3. The summed E-state index contributed by atoms with van der Waals surface area (Å²) in [6.07, 6.45) is 7.86. The molecule has 32 heavy (non-hydrogen) atoms. The summed E-state index contributed by atoms with van der Waals surface area (Å²) < 4.78 is 0. The van der Waals surface area contributed by atoms with E-state index in [1.807, 2.05) is 0 Å². The lowest BCUT2D eigenvalue weighted by molar-refractivity contribution is -0.163. The number of ketones is 3. The standard InChI is InChI=1S/C28H45NO3/c1-16(2)29-25-15-23-26(24(32)14-19-13-20(31)11-12-27(19,23)5)22-10-9-21(28(22,25)6)17(3)7-8-18(4)30/h16-17,19,21-23,25-26,29H,7-15H2,1-6H3/t17-,19+,21-,22+,23+,25?,26+,27+,28-/m1/s1. The summed E-state index contributed by atoms with van der Waals surface area (Å²) in [4.78, 5) is 37.6. The first-order chi connectivity index (χ1) is 15.0. The number of hydrogen-bond donors (Lipinski definition) is 1. The fraction of sp³-hybridized carbons (Fsp3) is 0.893. The maximum absolute atomic E-state index is 13.7. The van der Waals surface area contributed by atoms with Crippen LogP contribution in [-0.4, -0.2) is 29.4 Å². The predicted octanol–water partition coefficient (Wildman–Crippen LogP) is 5.38. The monoisotopic (exact) mass is 443 g/mol. The number of nitrogens with one attached hydrogen (secondary N) is 1. The topological polar surface area (TPSA) is 63.2 Å². The van der Waals surface area contributed by atoms with Crippen molar-refractivity contribution in [1.82, 2.24) is 5.32 Å². The molecule has 0 aromatic carbocycles. The Hall–Kier alpha value is -1.03. The minimum absolute atomic E-state index is 0.0883. The maximum Gasteiger partial charge on any atom is 0.136 e. The maximum atomic E-state index is 13.7. The fourth-order valence-corrected chi connectivity index (χ4v) is 8.98. The van der Waals surface area contributed by atoms with E-state index in [-0.39, 0.29) is 28.4 Å². The van der Waals surface area contributed by atoms with Gasteiger partial charge in [0.1, 0.15) is 17.3 Å². The van der Waals surface area contributed by atoms with Crippen LogP contribution in [0.5, 0.6) is 0 Å². The van der Waals surface area contributed by atoms with Crippen molar-refractivity contribution in [2.24, 2.45) is 46.3 Å². The highest BCUT2D eigenvalue weighted by Gasteiger charge is 2.66. The van der Waals surface area contributed by atoms with Gasteiger partial charge in [0.2, 0.25) is 0 Å². The second-order valence-corrected chi connectivity index (χ2v) is 12.7. The summed E-state index contributed by atoms with van der Waals surface area (Å²) in [6, 6.07) is 0.792. The van der Waals surface area contributed by atoms with E-state index in [9.17, 15) is 14.4 Å². The van der Waals surface area contributed by atoms with Gasteiger partial charge in [-0.05, 0) is 79.4 Å². The van der Waals surface area contributed by atoms with Crippen molar-refractivity contribution >= 4 is 17.3 Å². The Labute approximate surface area is 195 Å². The van der Waals surface area contributed by atoms with Crippen LogP contribution in [0.15, 0.2) is 0 Å². The van der Waals surface area contributed by atoms with E-state index in [0.29, 0.717) is 73.0 Å². The van der Waals surface area contributed by atoms with Gasteiger partial charge in [-0.2, -0.15) is 0 Å². The predicted molar refractivity (Wildman–Crippen MR) is 127 cm³/mol. The van der Waals surface area contributed by atoms with Crippen LogP contribution in [0.2, 0.25) is 0 Å². The highest BCUT2D eigenvalue weighted by atomic mass is 16.1. The van der Waals surface area contributed by atoms with Gasteiger partial charge in [0.25, 0.3) is 0 Å². The zero-order chi connectivity index (χ0) is 23.4. The molecule has 0 amide bonds. The minimum Gasteiger partial charge on any atom is -0.311 e. The van der Waals surface area contributed by atoms with Crippen LogP contribution in [-0.2, 0) is 14.4 Å². The number of hydrogen-bond acceptors (Lipinski definition) is 4. The molecule has 1 unspecified atom stereocenters. The van der Waals surface area contributed by atoms with Gasteiger partial charge in [-0.3, -0.25) is 9.59 Å². The van der Waals surface area contributed by atoms with Crippen molar-refractivity contribution in [2.45, 2.75) is 111 Å². The summed E-state index contributed by atoms with van der Waals surface area (Å²) in [5.41, 5.74) is 0.202. The number of carbonyl (C=O) groups is 3. The molecule has 0 aromatic rings. The molecule has 1 N–H and O–H groups in total. The van der Waals surface area contributed by atoms with E-state index in [1.54, 1.807) is 6.92 Å². The lowest BCUT2D eigenvalue weighted by Gasteiger charge is -2.62. The molecule has 0 aliphatic heterocycles. The molecule has 0 heterocycles. The summed E-state index contributed by atoms with van der Waals surface area (Å²) in [6.45, 7) is 13.4. The van der Waals surface area contributed by atoms with E-state index in [0.717, 1.165) is 25.7 Å². The molecule has 0 saturated heterocycles. The van der Waals surface area contributed by atoms with Crippen molar-refractivity contribution in [3.05, 3.63) is 0 Å². The molecule has 0 bridgehead atoms. The molecule has 0 spiro atoms. The van der Waals surface area contributed by atoms with Crippen LogP contribution in [0.1, 0.15) is 99.3 Å². The highest BCUT2D eigenvalue weighted by molar-refractivity contribution is 5.86. The second kappa shape index (κ2) is 8.64. The molecule has 4 aliphatic carbocycles. The van der Waals surface area contributed by atoms with E-state index >= 15 is 0 Å². The highest BCUT2D eigenvalue weighted by Crippen LogP contribution is 2.67. The zero-order valence-electron chi connectivity index (χ0n) is 21.2. The normalized spacial score (nSPS) is 44.7. The largest absolute Gasteiger partial charge is 0.311 e. The van der Waals surface area contributed by atoms with Gasteiger partial charge in [-0.1, -0.05) is 34.6 Å². The lowest BCUT2D eigenvalue weighted by Crippen LogP contribution is -2.64. The van der Waals surface area contributed by atoms with Gasteiger partial charge in [-0.15, -0.1) is 0 Å². The van der Waals surface area contributed by atoms with Gasteiger partial charge in [0.15, 0.2) is 0 Å². The zero-order valence-corrected chi connectivity index (χ0v) is 21.2. The average molecular weight is 444 g/mol. The van der Waals surface area contributed by atoms with Crippen LogP contribution < -0.4 is 5.32 Å². The molecule has 4 fully saturated rings. The average Bonchev–Trinajstić information content (AvgIpc) is 3.06. The molecular formula is C28H45NO3. The molecule has 0 radical (unpaired) electrons. The van der Waals surface area contributed by atoms with E-state index < -0.39 is 0 Å². The lowest BCUT2D eigenvalue weighted by atomic mass is 9.43. The molecule has 4 heteroatoms. The van der Waals surface area contributed by atoms with Gasteiger partial charge < -0.3 is 10.1 Å². The Morgan fingerprint density at radius 3 is 2.47 bits per heavy atom. The molecule has 0 aromatic heterocycles. The number of Topliss-reactive ketones (excluding diaryl/α,β-unsaturated/α-hetero) is 3. The van der Waals surface area contributed by atoms with Gasteiger partial charge in [-0.25, -0.2) is 0 Å². The van der Waals surface area contributed by atoms with Crippen LogP contribution in [0.3, 0.4) is 0 Å². The van der Waals surface area contributed by atoms with Gasteiger partial charge in [0, 0.05) is 43.7 Å². The fourth-order valence-electron chi connectivity index (χ4n) is 8.98. The van der Waals surface area contributed by atoms with Crippen LogP contribution >= 0.6 is 0 Å². The SMILES string of the molecule is CC(=O)CC[C@@H](C)[C@H]1CC[C@H]2[C@@H]3C(=O)C[C@@H]4CC(=O)CC[C@]4(C)[C@H]3CC(NC(C)C)[C@]12C. The smallest absolute Gasteiger partial charge is 0.136 e. The minimum atomic E-state index is 0.0883. The Balaban J connectivity index is 1.69. The van der Waals surface area contributed by atoms with Crippen LogP contribution in [0.25, 0.3) is 0 Å². The third-order valence-corrected chi connectivity index (χ3v) is 10.7. The molecule has 4 rings (SSSR count). The Morgan fingerprint density at radius 2 is 1.81 bits per heavy atom. The molecule has 4 saturated carbocycles. The van der Waals surface area contributed by atoms with Crippen LogP contribution in [0, 0.1) is 46.3 Å². The summed E-state index contributed by atoms with van der Waals surface area (Å²) in [5.74, 6) is 3.35. The van der Waals surface area contributed by atoms with E-state index in [2.05, 4.69) is 39.9 Å². The third kappa shape index (κ3) is 3.83. The van der Waals surface area contributed by atoms with Crippen molar-refractivity contribution in [1.29, 1.82) is 0 Å². The Kier molecular flexibility index (Phi) is 6.51. The number of fused-ring (bicyclic) bond motifs is 5. The van der Waals surface area contributed by atoms with Crippen LogP contribution in [0.4, 0.5) is 0 Å². The first kappa shape index (κ1) is 24.1. The molecule has 180 valence electrons. The molecule has 4 aliphatic rings. The third-order valence-electron chi connectivity index (χ3n) is 10.7. The molecular weight excluding hydrogens is 398 g/mol. The van der Waals surface area contributed by atoms with Crippen molar-refractivity contribution in [3.8, 4) is 0 Å². The second-order valence-electron chi connectivity index (χ2n) is 12.7. The summed E-state index contributed by atoms with van der Waals surface area (Å²) in [7, 11) is 0. The van der Waals surface area contributed by atoms with E-state index in [4.69, 9.17) is 0 Å². The van der Waals surface area contributed by atoms with Crippen molar-refractivity contribution in [2.75, 3.05) is 0 Å². The first-order valence-corrected chi connectivity index (χ1v) is 13.3. The Bertz CT molecular complexity index is 775. The van der Waals surface area contributed by atoms with Crippen molar-refractivity contribution in [3.63, 3.8) is 0 Å². The quantitative estimate of drug-likeness (QED) is 0.599. The summed E-state index contributed by atoms with van der Waals surface area (Å²) >= 11 is 0. The molecule has 9 atom stereocenters.